The van der Waals surface area contributed by atoms with E-state index in [1.165, 1.54) is 5.56 Å². The van der Waals surface area contributed by atoms with E-state index in [0.717, 1.165) is 49.4 Å². The highest BCUT2D eigenvalue weighted by Crippen LogP contribution is 2.12. The number of H-pyrrole nitrogens is 1. The van der Waals surface area contributed by atoms with Gasteiger partial charge in [-0.15, -0.1) is 0 Å². The highest BCUT2D eigenvalue weighted by Gasteiger charge is 2.13. The van der Waals surface area contributed by atoms with Crippen LogP contribution in [0.4, 0.5) is 0 Å². The van der Waals surface area contributed by atoms with Gasteiger partial charge in [-0.05, 0) is 56.6 Å². The molecule has 0 aliphatic heterocycles. The number of hydrogen-bond donors (Lipinski definition) is 1. The maximum absolute atomic E-state index is 12.6. The predicted molar refractivity (Wildman–Crippen MR) is 101 cm³/mol. The first kappa shape index (κ1) is 19.2. The van der Waals surface area contributed by atoms with Crippen molar-refractivity contribution < 1.29 is 4.79 Å². The second kappa shape index (κ2) is 9.37. The molecule has 0 aliphatic carbocycles. The van der Waals surface area contributed by atoms with Gasteiger partial charge in [-0.25, -0.2) is 0 Å². The lowest BCUT2D eigenvalue weighted by molar-refractivity contribution is 0.0783. The Morgan fingerprint density at radius 2 is 1.72 bits per heavy atom. The van der Waals surface area contributed by atoms with Crippen molar-refractivity contribution in [2.45, 2.75) is 46.7 Å². The zero-order chi connectivity index (χ0) is 18.2. The Labute approximate surface area is 151 Å². The molecule has 5 nitrogen and oxygen atoms in total. The molecule has 25 heavy (non-hydrogen) atoms. The second-order valence-corrected chi connectivity index (χ2v) is 6.68. The molecule has 0 radical (unpaired) electrons. The molecular weight excluding hydrogens is 312 g/mol. The molecule has 2 rings (SSSR count). The number of aromatic amines is 1. The second-order valence-electron chi connectivity index (χ2n) is 6.68. The minimum atomic E-state index is 0.0196. The van der Waals surface area contributed by atoms with Gasteiger partial charge in [-0.1, -0.05) is 26.0 Å². The van der Waals surface area contributed by atoms with Crippen molar-refractivity contribution in [3.63, 3.8) is 0 Å². The molecule has 0 unspecified atom stereocenters. The largest absolute Gasteiger partial charge is 0.336 e. The number of carbonyl (C=O) groups excluding carboxylic acids is 1. The number of carbonyl (C=O) groups is 1. The fraction of sp³-hybridized carbons (Fsp3) is 0.500. The number of benzene rings is 1. The summed E-state index contributed by atoms with van der Waals surface area (Å²) in [6, 6.07) is 9.96. The van der Waals surface area contributed by atoms with Crippen molar-refractivity contribution in [2.24, 2.45) is 0 Å². The minimum Gasteiger partial charge on any atom is -0.336 e. The van der Waals surface area contributed by atoms with Gasteiger partial charge in [0.05, 0.1) is 12.2 Å². The number of hydrogen-bond acceptors (Lipinski definition) is 3. The number of aryl methyl sites for hydroxylation is 1. The van der Waals surface area contributed by atoms with Crippen molar-refractivity contribution in [3.8, 4) is 0 Å². The highest BCUT2D eigenvalue weighted by molar-refractivity contribution is 5.94. The summed E-state index contributed by atoms with van der Waals surface area (Å²) in [6.07, 6.45) is 2.32. The normalized spacial score (nSPS) is 11.1. The first-order chi connectivity index (χ1) is 12.0. The molecule has 0 fully saturated rings. The third kappa shape index (κ3) is 5.71. The van der Waals surface area contributed by atoms with Crippen LogP contribution in [0.2, 0.25) is 0 Å². The molecule has 0 aliphatic rings. The Morgan fingerprint density at radius 1 is 1.08 bits per heavy atom. The molecule has 1 aromatic carbocycles. The number of amides is 1. The molecule has 0 spiro atoms. The van der Waals surface area contributed by atoms with E-state index >= 15 is 0 Å². The Kier molecular flexibility index (Phi) is 7.19. The zero-order valence-electron chi connectivity index (χ0n) is 15.9. The molecule has 1 heterocycles. The molecule has 136 valence electrons. The van der Waals surface area contributed by atoms with Crippen LogP contribution in [0.1, 0.15) is 54.0 Å². The van der Waals surface area contributed by atoms with E-state index in [2.05, 4.69) is 41.1 Å². The third-order valence-electron chi connectivity index (χ3n) is 4.19. The molecular formula is C20H30N4O. The smallest absolute Gasteiger partial charge is 0.253 e. The lowest BCUT2D eigenvalue weighted by Crippen LogP contribution is -2.27. The van der Waals surface area contributed by atoms with E-state index in [1.54, 1.807) is 4.90 Å². The summed E-state index contributed by atoms with van der Waals surface area (Å²) in [5, 5.41) is 7.10. The highest BCUT2D eigenvalue weighted by atomic mass is 16.2. The Balaban J connectivity index is 1.96. The van der Waals surface area contributed by atoms with Gasteiger partial charge in [0.15, 0.2) is 0 Å². The van der Waals surface area contributed by atoms with Crippen molar-refractivity contribution in [1.29, 1.82) is 0 Å². The average Bonchev–Trinajstić information content (AvgIpc) is 3.00. The molecule has 1 N–H and O–H groups in total. The van der Waals surface area contributed by atoms with Crippen LogP contribution >= 0.6 is 0 Å². The van der Waals surface area contributed by atoms with Crippen molar-refractivity contribution in [3.05, 3.63) is 52.8 Å². The lowest BCUT2D eigenvalue weighted by atomic mass is 10.1. The summed E-state index contributed by atoms with van der Waals surface area (Å²) < 4.78 is 0. The van der Waals surface area contributed by atoms with E-state index in [4.69, 9.17) is 0 Å². The summed E-state index contributed by atoms with van der Waals surface area (Å²) in [7, 11) is 1.81. The summed E-state index contributed by atoms with van der Waals surface area (Å²) in [6.45, 7) is 10.0. The zero-order valence-corrected chi connectivity index (χ0v) is 15.9. The van der Waals surface area contributed by atoms with Gasteiger partial charge in [-0.2, -0.15) is 5.10 Å². The van der Waals surface area contributed by atoms with Crippen LogP contribution in [0, 0.1) is 6.92 Å². The molecule has 2 aromatic rings. The summed E-state index contributed by atoms with van der Waals surface area (Å²) in [5.74, 6) is 0.0196. The van der Waals surface area contributed by atoms with Gasteiger partial charge in [-0.3, -0.25) is 14.8 Å². The van der Waals surface area contributed by atoms with E-state index in [0.29, 0.717) is 6.54 Å². The summed E-state index contributed by atoms with van der Waals surface area (Å²) in [4.78, 5) is 16.7. The van der Waals surface area contributed by atoms with Crippen molar-refractivity contribution >= 4 is 5.91 Å². The fourth-order valence-corrected chi connectivity index (χ4v) is 3.00. The van der Waals surface area contributed by atoms with E-state index in [1.807, 2.05) is 32.2 Å². The van der Waals surface area contributed by atoms with Crippen molar-refractivity contribution in [2.75, 3.05) is 20.1 Å². The van der Waals surface area contributed by atoms with E-state index in [9.17, 15) is 4.79 Å². The topological polar surface area (TPSA) is 52.2 Å². The van der Waals surface area contributed by atoms with E-state index in [-0.39, 0.29) is 5.91 Å². The van der Waals surface area contributed by atoms with Crippen LogP contribution in [0.3, 0.4) is 0 Å². The van der Waals surface area contributed by atoms with Gasteiger partial charge in [0.1, 0.15) is 0 Å². The number of nitrogens with zero attached hydrogens (tertiary/aromatic N) is 3. The number of aromatic nitrogens is 2. The van der Waals surface area contributed by atoms with Gasteiger partial charge < -0.3 is 4.90 Å². The molecule has 0 saturated carbocycles. The maximum Gasteiger partial charge on any atom is 0.253 e. The summed E-state index contributed by atoms with van der Waals surface area (Å²) >= 11 is 0. The van der Waals surface area contributed by atoms with Crippen LogP contribution in [-0.4, -0.2) is 46.0 Å². The fourth-order valence-electron chi connectivity index (χ4n) is 3.00. The van der Waals surface area contributed by atoms with Gasteiger partial charge in [0.25, 0.3) is 5.91 Å². The van der Waals surface area contributed by atoms with Crippen LogP contribution in [0.5, 0.6) is 0 Å². The Hall–Kier alpha value is -2.14. The van der Waals surface area contributed by atoms with Crippen LogP contribution in [0.15, 0.2) is 30.3 Å². The van der Waals surface area contributed by atoms with Crippen molar-refractivity contribution in [1.82, 2.24) is 20.0 Å². The molecule has 0 saturated heterocycles. The van der Waals surface area contributed by atoms with Gasteiger partial charge in [0.2, 0.25) is 0 Å². The average molecular weight is 342 g/mol. The standard InChI is InChI=1S/C20H30N4O/c1-5-11-24(12-6-2)14-17-7-9-18(10-8-17)20(25)23(4)15-19-13-16(3)21-22-19/h7-10,13H,5-6,11-12,14-15H2,1-4H3,(H,21,22). The molecule has 1 aromatic heterocycles. The third-order valence-corrected chi connectivity index (χ3v) is 4.19. The van der Waals surface area contributed by atoms with Crippen LogP contribution in [0.25, 0.3) is 0 Å². The summed E-state index contributed by atoms with van der Waals surface area (Å²) in [5.41, 5.74) is 3.85. The van der Waals surface area contributed by atoms with Crippen LogP contribution in [-0.2, 0) is 13.1 Å². The van der Waals surface area contributed by atoms with Crippen LogP contribution < -0.4 is 0 Å². The minimum absolute atomic E-state index is 0.0196. The number of nitrogens with one attached hydrogen (secondary N) is 1. The molecule has 5 heteroatoms. The first-order valence-corrected chi connectivity index (χ1v) is 9.11. The lowest BCUT2D eigenvalue weighted by Gasteiger charge is -2.21. The molecule has 0 bridgehead atoms. The maximum atomic E-state index is 12.6. The van der Waals surface area contributed by atoms with Gasteiger partial charge in [0, 0.05) is 24.8 Å². The predicted octanol–water partition coefficient (Wildman–Crippen LogP) is 3.61. The first-order valence-electron chi connectivity index (χ1n) is 9.11. The SMILES string of the molecule is CCCN(CCC)Cc1ccc(C(=O)N(C)Cc2cc(C)[nH]n2)cc1. The number of rotatable bonds is 9. The Morgan fingerprint density at radius 3 is 2.24 bits per heavy atom. The van der Waals surface area contributed by atoms with Gasteiger partial charge >= 0.3 is 0 Å². The monoisotopic (exact) mass is 342 g/mol. The molecule has 1 amide bonds. The van der Waals surface area contributed by atoms with E-state index < -0.39 is 0 Å². The quantitative estimate of drug-likeness (QED) is 0.757. The molecule has 0 atom stereocenters. The Bertz CT molecular complexity index is 657.